The van der Waals surface area contributed by atoms with Crippen LogP contribution < -0.4 is 15.4 Å². The van der Waals surface area contributed by atoms with E-state index in [1.54, 1.807) is 12.1 Å². The first-order chi connectivity index (χ1) is 12.6. The average Bonchev–Trinajstić information content (AvgIpc) is 3.03. The number of nitrogens with one attached hydrogen (secondary N) is 2. The fourth-order valence-corrected chi connectivity index (χ4v) is 2.76. The van der Waals surface area contributed by atoms with Gasteiger partial charge in [0.25, 0.3) is 0 Å². The fraction of sp³-hybridized carbons (Fsp3) is 0.579. The van der Waals surface area contributed by atoms with Crippen LogP contribution in [-0.4, -0.2) is 55.6 Å². The van der Waals surface area contributed by atoms with E-state index < -0.39 is 0 Å². The van der Waals surface area contributed by atoms with E-state index in [2.05, 4.69) is 15.6 Å². The lowest BCUT2D eigenvalue weighted by atomic mass is 10.3. The summed E-state index contributed by atoms with van der Waals surface area (Å²) in [6.45, 7) is 7.61. The number of guanidine groups is 1. The Hall–Kier alpha value is -2.31. The Labute approximate surface area is 154 Å². The van der Waals surface area contributed by atoms with E-state index in [1.165, 1.54) is 12.1 Å². The van der Waals surface area contributed by atoms with Gasteiger partial charge in [0.2, 0.25) is 5.91 Å². The van der Waals surface area contributed by atoms with Crippen LogP contribution in [0.25, 0.3) is 0 Å². The van der Waals surface area contributed by atoms with E-state index in [1.807, 2.05) is 18.7 Å². The zero-order valence-corrected chi connectivity index (χ0v) is 15.6. The van der Waals surface area contributed by atoms with Crippen LogP contribution in [0.1, 0.15) is 33.1 Å². The molecule has 0 saturated carbocycles. The minimum Gasteiger partial charge on any atom is -0.489 e. The van der Waals surface area contributed by atoms with Gasteiger partial charge >= 0.3 is 0 Å². The molecule has 1 saturated heterocycles. The molecule has 1 atom stereocenters. The average molecular weight is 364 g/mol. The molecular formula is C19H29FN4O2. The Morgan fingerprint density at radius 3 is 2.77 bits per heavy atom. The number of rotatable bonds is 9. The van der Waals surface area contributed by atoms with Gasteiger partial charge in [0.1, 0.15) is 17.7 Å². The second-order valence-electron chi connectivity index (χ2n) is 6.37. The summed E-state index contributed by atoms with van der Waals surface area (Å²) >= 11 is 0. The number of carbonyl (C=O) groups excluding carboxylic acids is 1. The lowest BCUT2D eigenvalue weighted by molar-refractivity contribution is -0.127. The van der Waals surface area contributed by atoms with Crippen molar-refractivity contribution >= 4 is 11.9 Å². The third-order valence-electron chi connectivity index (χ3n) is 4.07. The maximum atomic E-state index is 12.9. The maximum absolute atomic E-state index is 12.9. The zero-order valence-electron chi connectivity index (χ0n) is 15.6. The quantitative estimate of drug-likeness (QED) is 0.400. The van der Waals surface area contributed by atoms with Crippen molar-refractivity contribution in [3.8, 4) is 5.75 Å². The number of hydrogen-bond acceptors (Lipinski definition) is 3. The molecule has 7 heteroatoms. The first kappa shape index (κ1) is 20.0. The molecule has 1 aromatic rings. The number of aliphatic imine (C=N–C) groups is 1. The third-order valence-corrected chi connectivity index (χ3v) is 4.07. The molecule has 2 N–H and O–H groups in total. The number of halogens is 1. The number of hydrogen-bond donors (Lipinski definition) is 2. The lowest BCUT2D eigenvalue weighted by Crippen LogP contribution is -2.39. The molecule has 1 aliphatic heterocycles. The van der Waals surface area contributed by atoms with Gasteiger partial charge in [0.15, 0.2) is 5.96 Å². The second-order valence-corrected chi connectivity index (χ2v) is 6.37. The third kappa shape index (κ3) is 6.90. The second kappa shape index (κ2) is 10.6. The van der Waals surface area contributed by atoms with Crippen LogP contribution in [0, 0.1) is 5.82 Å². The van der Waals surface area contributed by atoms with Crippen LogP contribution in [0.4, 0.5) is 4.39 Å². The van der Waals surface area contributed by atoms with Crippen LogP contribution in [-0.2, 0) is 4.79 Å². The minimum atomic E-state index is -0.280. The van der Waals surface area contributed by atoms with Crippen molar-refractivity contribution in [3.63, 3.8) is 0 Å². The van der Waals surface area contributed by atoms with Crippen LogP contribution in [0.2, 0.25) is 0 Å². The summed E-state index contributed by atoms with van der Waals surface area (Å²) in [4.78, 5) is 18.0. The van der Waals surface area contributed by atoms with E-state index >= 15 is 0 Å². The molecule has 1 aromatic carbocycles. The summed E-state index contributed by atoms with van der Waals surface area (Å²) in [6.07, 6.45) is 2.42. The van der Waals surface area contributed by atoms with Crippen LogP contribution >= 0.6 is 0 Å². The lowest BCUT2D eigenvalue weighted by Gasteiger charge is -2.17. The van der Waals surface area contributed by atoms with Crippen LogP contribution in [0.15, 0.2) is 29.3 Å². The predicted molar refractivity (Wildman–Crippen MR) is 101 cm³/mol. The number of benzene rings is 1. The normalized spacial score (nSPS) is 15.9. The van der Waals surface area contributed by atoms with E-state index in [-0.39, 0.29) is 17.8 Å². The highest BCUT2D eigenvalue weighted by molar-refractivity contribution is 5.79. The number of amides is 1. The zero-order chi connectivity index (χ0) is 18.8. The molecule has 0 bridgehead atoms. The van der Waals surface area contributed by atoms with Gasteiger partial charge in [0.05, 0.1) is 6.54 Å². The summed E-state index contributed by atoms with van der Waals surface area (Å²) in [5.74, 6) is 1.34. The number of ether oxygens (including phenoxy) is 1. The number of carbonyl (C=O) groups is 1. The molecule has 0 spiro atoms. The Kier molecular flexibility index (Phi) is 8.18. The van der Waals surface area contributed by atoms with Crippen molar-refractivity contribution in [2.45, 2.75) is 39.2 Å². The van der Waals surface area contributed by atoms with Crippen molar-refractivity contribution in [3.05, 3.63) is 30.1 Å². The van der Waals surface area contributed by atoms with Gasteiger partial charge in [-0.15, -0.1) is 0 Å². The van der Waals surface area contributed by atoms with Gasteiger partial charge in [-0.3, -0.25) is 4.79 Å². The largest absolute Gasteiger partial charge is 0.489 e. The van der Waals surface area contributed by atoms with Gasteiger partial charge in [-0.05, 0) is 51.0 Å². The molecule has 1 amide bonds. The molecule has 144 valence electrons. The predicted octanol–water partition coefficient (Wildman–Crippen LogP) is 2.16. The Morgan fingerprint density at radius 2 is 2.12 bits per heavy atom. The van der Waals surface area contributed by atoms with Crippen molar-refractivity contribution in [1.29, 1.82) is 0 Å². The molecule has 26 heavy (non-hydrogen) atoms. The molecular weight excluding hydrogens is 335 g/mol. The molecule has 1 unspecified atom stereocenters. The molecule has 2 rings (SSSR count). The Balaban J connectivity index is 1.72. The van der Waals surface area contributed by atoms with E-state index in [4.69, 9.17) is 4.74 Å². The van der Waals surface area contributed by atoms with Gasteiger partial charge < -0.3 is 20.3 Å². The topological polar surface area (TPSA) is 66.0 Å². The maximum Gasteiger partial charge on any atom is 0.222 e. The summed E-state index contributed by atoms with van der Waals surface area (Å²) in [6, 6.07) is 5.97. The standard InChI is InChI=1S/C19H29FN4O2/c1-3-21-19(22-11-5-13-24-12-4-6-18(24)25)23-14-15(2)26-17-9-7-16(20)8-10-17/h7-10,15H,3-6,11-14H2,1-2H3,(H2,21,22,23). The molecule has 1 heterocycles. The van der Waals surface area contributed by atoms with Gasteiger partial charge in [-0.2, -0.15) is 0 Å². The highest BCUT2D eigenvalue weighted by atomic mass is 19.1. The SMILES string of the molecule is CCNC(=NCC(C)Oc1ccc(F)cc1)NCCCN1CCCC1=O. The summed E-state index contributed by atoms with van der Waals surface area (Å²) in [5, 5.41) is 6.48. The van der Waals surface area contributed by atoms with Crippen molar-refractivity contribution in [2.24, 2.45) is 4.99 Å². The fourth-order valence-electron chi connectivity index (χ4n) is 2.76. The molecule has 1 aliphatic rings. The summed E-state index contributed by atoms with van der Waals surface area (Å²) in [5.41, 5.74) is 0. The van der Waals surface area contributed by atoms with Crippen molar-refractivity contribution in [2.75, 3.05) is 32.7 Å². The highest BCUT2D eigenvalue weighted by Gasteiger charge is 2.18. The minimum absolute atomic E-state index is 0.127. The number of likely N-dealkylation sites (tertiary alicyclic amines) is 1. The molecule has 0 aliphatic carbocycles. The van der Waals surface area contributed by atoms with Crippen molar-refractivity contribution in [1.82, 2.24) is 15.5 Å². The van der Waals surface area contributed by atoms with E-state index in [0.29, 0.717) is 18.7 Å². The van der Waals surface area contributed by atoms with Crippen LogP contribution in [0.5, 0.6) is 5.75 Å². The molecule has 1 fully saturated rings. The first-order valence-corrected chi connectivity index (χ1v) is 9.30. The molecule has 0 radical (unpaired) electrons. The van der Waals surface area contributed by atoms with Gasteiger partial charge in [-0.1, -0.05) is 0 Å². The number of nitrogens with zero attached hydrogens (tertiary/aromatic N) is 2. The summed E-state index contributed by atoms with van der Waals surface area (Å²) < 4.78 is 18.6. The summed E-state index contributed by atoms with van der Waals surface area (Å²) in [7, 11) is 0. The van der Waals surface area contributed by atoms with Crippen LogP contribution in [0.3, 0.4) is 0 Å². The van der Waals surface area contributed by atoms with Gasteiger partial charge in [-0.25, -0.2) is 9.38 Å². The monoisotopic (exact) mass is 364 g/mol. The molecule has 6 nitrogen and oxygen atoms in total. The highest BCUT2D eigenvalue weighted by Crippen LogP contribution is 2.13. The Bertz CT molecular complexity index is 592. The Morgan fingerprint density at radius 1 is 1.35 bits per heavy atom. The first-order valence-electron chi connectivity index (χ1n) is 9.30. The van der Waals surface area contributed by atoms with E-state index in [0.717, 1.165) is 45.0 Å². The molecule has 0 aromatic heterocycles. The smallest absolute Gasteiger partial charge is 0.222 e. The van der Waals surface area contributed by atoms with Crippen molar-refractivity contribution < 1.29 is 13.9 Å². The van der Waals surface area contributed by atoms with Gasteiger partial charge in [0, 0.05) is 32.6 Å². The van der Waals surface area contributed by atoms with E-state index in [9.17, 15) is 9.18 Å².